The fraction of sp³-hybridized carbons (Fsp3) is 0.526. The molecule has 1 aliphatic carbocycles. The number of H-pyrrole nitrogens is 1. The number of halogens is 1. The molecule has 0 amide bonds. The van der Waals surface area contributed by atoms with E-state index in [0.29, 0.717) is 0 Å². The highest BCUT2D eigenvalue weighted by atomic mass is 35.5. The molecular formula is C19H27ClN4. The van der Waals surface area contributed by atoms with Crippen LogP contribution in [0.25, 0.3) is 0 Å². The molecule has 3 N–H and O–H groups in total. The third kappa shape index (κ3) is 5.07. The van der Waals surface area contributed by atoms with Gasteiger partial charge in [0.25, 0.3) is 0 Å². The summed E-state index contributed by atoms with van der Waals surface area (Å²) in [7, 11) is 0. The largest absolute Gasteiger partial charge is 0.330 e. The summed E-state index contributed by atoms with van der Waals surface area (Å²) >= 11 is 6.01. The third-order valence-electron chi connectivity index (χ3n) is 5.09. The van der Waals surface area contributed by atoms with Gasteiger partial charge in [0.2, 0.25) is 0 Å². The summed E-state index contributed by atoms with van der Waals surface area (Å²) in [5.41, 5.74) is 8.29. The molecule has 0 unspecified atom stereocenters. The van der Waals surface area contributed by atoms with E-state index in [1.165, 1.54) is 36.9 Å². The zero-order chi connectivity index (χ0) is 16.8. The highest BCUT2D eigenvalue weighted by molar-refractivity contribution is 6.30. The molecule has 0 aliphatic heterocycles. The van der Waals surface area contributed by atoms with E-state index < -0.39 is 0 Å². The first-order valence-electron chi connectivity index (χ1n) is 8.88. The first-order chi connectivity index (χ1) is 11.7. The molecule has 1 heterocycles. The Morgan fingerprint density at radius 1 is 1.04 bits per heavy atom. The number of aromatic nitrogens is 2. The number of hydrogen-bond donors (Lipinski definition) is 2. The van der Waals surface area contributed by atoms with Crippen LogP contribution < -0.4 is 5.73 Å². The van der Waals surface area contributed by atoms with Crippen molar-refractivity contribution in [2.24, 2.45) is 17.6 Å². The maximum atomic E-state index is 6.01. The Hall–Kier alpha value is -1.36. The van der Waals surface area contributed by atoms with Gasteiger partial charge in [-0.1, -0.05) is 23.7 Å². The van der Waals surface area contributed by atoms with Gasteiger partial charge in [-0.2, -0.15) is 5.10 Å². The average molecular weight is 347 g/mol. The second-order valence-corrected chi connectivity index (χ2v) is 7.44. The summed E-state index contributed by atoms with van der Waals surface area (Å²) in [6, 6.07) is 10.2. The summed E-state index contributed by atoms with van der Waals surface area (Å²) in [4.78, 5) is 2.52. The second kappa shape index (κ2) is 8.65. The van der Waals surface area contributed by atoms with E-state index >= 15 is 0 Å². The smallest absolute Gasteiger partial charge is 0.0492 e. The Bertz CT molecular complexity index is 588. The van der Waals surface area contributed by atoms with E-state index in [1.54, 1.807) is 0 Å². The van der Waals surface area contributed by atoms with E-state index in [1.807, 2.05) is 18.3 Å². The van der Waals surface area contributed by atoms with Gasteiger partial charge >= 0.3 is 0 Å². The fourth-order valence-electron chi connectivity index (χ4n) is 3.66. The van der Waals surface area contributed by atoms with Crippen LogP contribution in [0.5, 0.6) is 0 Å². The highest BCUT2D eigenvalue weighted by Gasteiger charge is 2.22. The Morgan fingerprint density at radius 2 is 1.75 bits per heavy atom. The first-order valence-corrected chi connectivity index (χ1v) is 9.26. The Balaban J connectivity index is 1.62. The lowest BCUT2D eigenvalue weighted by molar-refractivity contribution is 0.168. The van der Waals surface area contributed by atoms with Crippen LogP contribution in [-0.2, 0) is 13.1 Å². The monoisotopic (exact) mass is 346 g/mol. The third-order valence-corrected chi connectivity index (χ3v) is 5.34. The maximum Gasteiger partial charge on any atom is 0.0492 e. The quantitative estimate of drug-likeness (QED) is 0.801. The van der Waals surface area contributed by atoms with Gasteiger partial charge in [-0.05, 0) is 67.8 Å². The van der Waals surface area contributed by atoms with Gasteiger partial charge < -0.3 is 5.73 Å². The molecular weight excluding hydrogens is 320 g/mol. The number of nitrogens with one attached hydrogen (secondary N) is 1. The molecule has 2 aromatic rings. The van der Waals surface area contributed by atoms with E-state index in [-0.39, 0.29) is 0 Å². The zero-order valence-corrected chi connectivity index (χ0v) is 14.9. The van der Waals surface area contributed by atoms with Gasteiger partial charge in [0.1, 0.15) is 0 Å². The highest BCUT2D eigenvalue weighted by Crippen LogP contribution is 2.29. The SMILES string of the molecule is NCC1CCC(CN(Cc2ccc(Cl)cc2)Cc2ccn[nH]2)CC1. The first kappa shape index (κ1) is 17.5. The van der Waals surface area contributed by atoms with Crippen LogP contribution in [0.2, 0.25) is 5.02 Å². The molecule has 4 nitrogen and oxygen atoms in total. The van der Waals surface area contributed by atoms with Crippen LogP contribution in [0.1, 0.15) is 36.9 Å². The van der Waals surface area contributed by atoms with Crippen molar-refractivity contribution < 1.29 is 0 Å². The number of rotatable bonds is 7. The van der Waals surface area contributed by atoms with Crippen molar-refractivity contribution in [2.75, 3.05) is 13.1 Å². The Morgan fingerprint density at radius 3 is 2.38 bits per heavy atom. The minimum atomic E-state index is 0.735. The van der Waals surface area contributed by atoms with Crippen molar-refractivity contribution in [1.29, 1.82) is 0 Å². The van der Waals surface area contributed by atoms with Gasteiger partial charge in [-0.3, -0.25) is 10.00 Å². The number of hydrogen-bond acceptors (Lipinski definition) is 3. The molecule has 5 heteroatoms. The van der Waals surface area contributed by atoms with Crippen molar-refractivity contribution in [3.63, 3.8) is 0 Å². The minimum Gasteiger partial charge on any atom is -0.330 e. The molecule has 0 spiro atoms. The van der Waals surface area contributed by atoms with Crippen LogP contribution in [0, 0.1) is 11.8 Å². The molecule has 1 fully saturated rings. The van der Waals surface area contributed by atoms with Gasteiger partial charge in [-0.25, -0.2) is 0 Å². The zero-order valence-electron chi connectivity index (χ0n) is 14.1. The van der Waals surface area contributed by atoms with Gasteiger partial charge in [0, 0.05) is 36.5 Å². The second-order valence-electron chi connectivity index (χ2n) is 7.00. The summed E-state index contributed by atoms with van der Waals surface area (Å²) in [6.45, 7) is 3.81. The van der Waals surface area contributed by atoms with E-state index in [9.17, 15) is 0 Å². The van der Waals surface area contributed by atoms with Gasteiger partial charge in [-0.15, -0.1) is 0 Å². The topological polar surface area (TPSA) is 57.9 Å². The fourth-order valence-corrected chi connectivity index (χ4v) is 3.79. The summed E-state index contributed by atoms with van der Waals surface area (Å²) in [5.74, 6) is 1.50. The van der Waals surface area contributed by atoms with Crippen molar-refractivity contribution >= 4 is 11.6 Å². The maximum absolute atomic E-state index is 6.01. The van der Waals surface area contributed by atoms with Crippen LogP contribution in [-0.4, -0.2) is 28.2 Å². The molecule has 1 aliphatic rings. The number of benzene rings is 1. The standard InChI is InChI=1S/C19H27ClN4/c20-18-7-5-17(6-8-18)13-24(14-19-9-10-22-23-19)12-16-3-1-15(11-21)2-4-16/h5-10,15-16H,1-4,11-14,21H2,(H,22,23). The van der Waals surface area contributed by atoms with E-state index in [4.69, 9.17) is 17.3 Å². The molecule has 0 atom stereocenters. The average Bonchev–Trinajstić information content (AvgIpc) is 3.10. The van der Waals surface area contributed by atoms with Crippen molar-refractivity contribution in [1.82, 2.24) is 15.1 Å². The number of nitrogens with zero attached hydrogens (tertiary/aromatic N) is 2. The molecule has 1 saturated carbocycles. The summed E-state index contributed by atoms with van der Waals surface area (Å²) < 4.78 is 0. The predicted molar refractivity (Wildman–Crippen MR) is 98.7 cm³/mol. The van der Waals surface area contributed by atoms with Crippen LogP contribution in [0.4, 0.5) is 0 Å². The molecule has 130 valence electrons. The van der Waals surface area contributed by atoms with Crippen LogP contribution in [0.3, 0.4) is 0 Å². The molecule has 1 aromatic heterocycles. The number of nitrogens with two attached hydrogens (primary N) is 1. The predicted octanol–water partition coefficient (Wildman–Crippen LogP) is 3.83. The van der Waals surface area contributed by atoms with Crippen molar-refractivity contribution in [2.45, 2.75) is 38.8 Å². The molecule has 0 radical (unpaired) electrons. The molecule has 1 aromatic carbocycles. The Labute approximate surface area is 149 Å². The summed E-state index contributed by atoms with van der Waals surface area (Å²) in [5, 5.41) is 7.96. The van der Waals surface area contributed by atoms with E-state index in [0.717, 1.165) is 43.0 Å². The normalized spacial score (nSPS) is 21.3. The minimum absolute atomic E-state index is 0.735. The number of aromatic amines is 1. The lowest BCUT2D eigenvalue weighted by Gasteiger charge is -2.32. The lowest BCUT2D eigenvalue weighted by atomic mass is 9.82. The lowest BCUT2D eigenvalue weighted by Crippen LogP contribution is -2.32. The van der Waals surface area contributed by atoms with Crippen molar-refractivity contribution in [3.05, 3.63) is 52.8 Å². The molecule has 3 rings (SSSR count). The molecule has 0 saturated heterocycles. The van der Waals surface area contributed by atoms with Crippen LogP contribution in [0.15, 0.2) is 36.5 Å². The van der Waals surface area contributed by atoms with Gasteiger partial charge in [0.05, 0.1) is 0 Å². The molecule has 0 bridgehead atoms. The summed E-state index contributed by atoms with van der Waals surface area (Å²) in [6.07, 6.45) is 6.96. The van der Waals surface area contributed by atoms with Crippen molar-refractivity contribution in [3.8, 4) is 0 Å². The Kier molecular flexibility index (Phi) is 6.30. The van der Waals surface area contributed by atoms with Crippen LogP contribution >= 0.6 is 11.6 Å². The molecule has 24 heavy (non-hydrogen) atoms. The van der Waals surface area contributed by atoms with E-state index in [2.05, 4.69) is 33.3 Å². The van der Waals surface area contributed by atoms with Gasteiger partial charge in [0.15, 0.2) is 0 Å².